The van der Waals surface area contributed by atoms with Crippen molar-refractivity contribution in [1.82, 2.24) is 14.9 Å². The number of halogens is 1. The van der Waals surface area contributed by atoms with Crippen LogP contribution in [0.2, 0.25) is 0 Å². The van der Waals surface area contributed by atoms with E-state index in [1.807, 2.05) is 36.0 Å². The maximum atomic E-state index is 12.4. The molecule has 4 rings (SSSR count). The van der Waals surface area contributed by atoms with Gasteiger partial charge >= 0.3 is 0 Å². The molecule has 5 nitrogen and oxygen atoms in total. The third kappa shape index (κ3) is 2.53. The highest BCUT2D eigenvalue weighted by Gasteiger charge is 2.16. The van der Waals surface area contributed by atoms with E-state index in [1.165, 1.54) is 10.9 Å². The first-order valence-corrected chi connectivity index (χ1v) is 8.51. The van der Waals surface area contributed by atoms with Crippen LogP contribution in [0.4, 0.5) is 0 Å². The van der Waals surface area contributed by atoms with Crippen molar-refractivity contribution < 1.29 is 9.21 Å². The van der Waals surface area contributed by atoms with Crippen LogP contribution in [0.25, 0.3) is 22.0 Å². The van der Waals surface area contributed by atoms with E-state index in [9.17, 15) is 4.79 Å². The first-order valence-electron chi connectivity index (χ1n) is 7.71. The molecule has 0 unspecified atom stereocenters. The number of para-hydroxylation sites is 1. The van der Waals surface area contributed by atoms with E-state index in [2.05, 4.69) is 38.4 Å². The molecule has 0 atom stereocenters. The lowest BCUT2D eigenvalue weighted by Gasteiger charge is -2.06. The molecule has 0 fully saturated rings. The molecular formula is C18H16BrN3O2. The van der Waals surface area contributed by atoms with E-state index in [1.54, 1.807) is 6.07 Å². The highest BCUT2D eigenvalue weighted by molar-refractivity contribution is 9.10. The molecule has 0 saturated carbocycles. The zero-order valence-electron chi connectivity index (χ0n) is 13.1. The number of nitrogens with zero attached hydrogens (tertiary/aromatic N) is 1. The van der Waals surface area contributed by atoms with Gasteiger partial charge in [-0.15, -0.1) is 0 Å². The van der Waals surface area contributed by atoms with Crippen LogP contribution in [0.5, 0.6) is 0 Å². The van der Waals surface area contributed by atoms with Crippen molar-refractivity contribution in [2.45, 2.75) is 6.42 Å². The Labute approximate surface area is 146 Å². The summed E-state index contributed by atoms with van der Waals surface area (Å²) in [6.07, 6.45) is 2.78. The summed E-state index contributed by atoms with van der Waals surface area (Å²) in [5.41, 5.74) is 4.51. The first kappa shape index (κ1) is 15.1. The van der Waals surface area contributed by atoms with Crippen LogP contribution in [0, 0.1) is 0 Å². The number of amides is 1. The summed E-state index contributed by atoms with van der Waals surface area (Å²) in [4.78, 5) is 15.7. The van der Waals surface area contributed by atoms with Crippen LogP contribution in [0.15, 0.2) is 51.7 Å². The molecule has 122 valence electrons. The normalized spacial score (nSPS) is 11.4. The monoisotopic (exact) mass is 385 g/mol. The van der Waals surface area contributed by atoms with Gasteiger partial charge in [0.15, 0.2) is 10.3 Å². The number of H-pyrrole nitrogens is 1. The van der Waals surface area contributed by atoms with Crippen molar-refractivity contribution in [2.75, 3.05) is 6.54 Å². The summed E-state index contributed by atoms with van der Waals surface area (Å²) < 4.78 is 8.00. The molecule has 4 aromatic rings. The number of aromatic amines is 1. The van der Waals surface area contributed by atoms with Crippen molar-refractivity contribution >= 4 is 43.8 Å². The number of carbonyl (C=O) groups excluding carboxylic acids is 1. The molecule has 3 aromatic heterocycles. The molecule has 1 aromatic carbocycles. The van der Waals surface area contributed by atoms with Gasteiger partial charge in [0.25, 0.3) is 5.91 Å². The van der Waals surface area contributed by atoms with Gasteiger partial charge in [-0.3, -0.25) is 4.79 Å². The molecule has 2 N–H and O–H groups in total. The van der Waals surface area contributed by atoms with E-state index >= 15 is 0 Å². The molecule has 0 radical (unpaired) electrons. The SMILES string of the molecule is Cn1c(C(=O)NCCc2c[nH]c3ccccc23)cc2oc(Br)cc21. The molecule has 0 saturated heterocycles. The minimum absolute atomic E-state index is 0.0973. The van der Waals surface area contributed by atoms with Crippen molar-refractivity contribution in [1.29, 1.82) is 0 Å². The molecule has 3 heterocycles. The molecule has 0 aliphatic rings. The van der Waals surface area contributed by atoms with Crippen LogP contribution >= 0.6 is 15.9 Å². The van der Waals surface area contributed by atoms with Crippen molar-refractivity contribution in [2.24, 2.45) is 7.05 Å². The molecule has 24 heavy (non-hydrogen) atoms. The number of hydrogen-bond acceptors (Lipinski definition) is 2. The average Bonchev–Trinajstić information content (AvgIpc) is 3.22. The number of furan rings is 1. The topological polar surface area (TPSA) is 63.0 Å². The summed E-state index contributed by atoms with van der Waals surface area (Å²) in [5.74, 6) is -0.0973. The lowest BCUT2D eigenvalue weighted by Crippen LogP contribution is -2.27. The van der Waals surface area contributed by atoms with E-state index in [0.717, 1.165) is 17.5 Å². The van der Waals surface area contributed by atoms with Crippen LogP contribution in [0.1, 0.15) is 16.1 Å². The van der Waals surface area contributed by atoms with Crippen LogP contribution in [0.3, 0.4) is 0 Å². The van der Waals surface area contributed by atoms with Gasteiger partial charge in [0.1, 0.15) is 5.69 Å². The number of nitrogens with one attached hydrogen (secondary N) is 2. The van der Waals surface area contributed by atoms with Gasteiger partial charge in [-0.25, -0.2) is 0 Å². The number of hydrogen-bond donors (Lipinski definition) is 2. The Morgan fingerprint density at radius 1 is 1.33 bits per heavy atom. The minimum atomic E-state index is -0.0973. The lowest BCUT2D eigenvalue weighted by atomic mass is 10.1. The van der Waals surface area contributed by atoms with Crippen molar-refractivity contribution in [3.05, 3.63) is 58.5 Å². The Morgan fingerprint density at radius 2 is 2.17 bits per heavy atom. The predicted molar refractivity (Wildman–Crippen MR) is 97.2 cm³/mol. The fraction of sp³-hybridized carbons (Fsp3) is 0.167. The Bertz CT molecular complexity index is 1040. The average molecular weight is 386 g/mol. The van der Waals surface area contributed by atoms with Crippen LogP contribution in [-0.4, -0.2) is 22.0 Å². The third-order valence-electron chi connectivity index (χ3n) is 4.29. The first-order chi connectivity index (χ1) is 11.6. The Hall–Kier alpha value is -2.47. The highest BCUT2D eigenvalue weighted by Crippen LogP contribution is 2.26. The molecule has 0 aliphatic heterocycles. The summed E-state index contributed by atoms with van der Waals surface area (Å²) >= 11 is 3.30. The molecule has 6 heteroatoms. The fourth-order valence-electron chi connectivity index (χ4n) is 3.04. The second-order valence-corrected chi connectivity index (χ2v) is 6.54. The predicted octanol–water partition coefficient (Wildman–Crippen LogP) is 3.99. The maximum Gasteiger partial charge on any atom is 0.268 e. The van der Waals surface area contributed by atoms with Gasteiger partial charge in [-0.05, 0) is 34.0 Å². The lowest BCUT2D eigenvalue weighted by molar-refractivity contribution is 0.0946. The van der Waals surface area contributed by atoms with Gasteiger partial charge < -0.3 is 19.3 Å². The number of carbonyl (C=O) groups is 1. The quantitative estimate of drug-likeness (QED) is 0.557. The summed E-state index contributed by atoms with van der Waals surface area (Å²) in [7, 11) is 1.86. The number of aryl methyl sites for hydroxylation is 1. The van der Waals surface area contributed by atoms with Crippen molar-refractivity contribution in [3.63, 3.8) is 0 Å². The van der Waals surface area contributed by atoms with Gasteiger partial charge in [0.2, 0.25) is 0 Å². The zero-order chi connectivity index (χ0) is 16.7. The Morgan fingerprint density at radius 3 is 3.00 bits per heavy atom. The number of rotatable bonds is 4. The third-order valence-corrected chi connectivity index (χ3v) is 4.68. The molecule has 0 bridgehead atoms. The van der Waals surface area contributed by atoms with Crippen LogP contribution in [-0.2, 0) is 13.5 Å². The molecule has 0 spiro atoms. The smallest absolute Gasteiger partial charge is 0.268 e. The van der Waals surface area contributed by atoms with Gasteiger partial charge in [0, 0.05) is 42.8 Å². The van der Waals surface area contributed by atoms with E-state index in [4.69, 9.17) is 4.42 Å². The summed E-state index contributed by atoms with van der Waals surface area (Å²) in [6.45, 7) is 0.580. The van der Waals surface area contributed by atoms with Crippen molar-refractivity contribution in [3.8, 4) is 0 Å². The van der Waals surface area contributed by atoms with E-state index in [0.29, 0.717) is 22.5 Å². The Balaban J connectivity index is 1.46. The number of benzene rings is 1. The summed E-state index contributed by atoms with van der Waals surface area (Å²) in [5, 5.41) is 4.18. The van der Waals surface area contributed by atoms with Crippen LogP contribution < -0.4 is 5.32 Å². The number of aromatic nitrogens is 2. The standard InChI is InChI=1S/C18H16BrN3O2/c1-22-14-9-17(19)24-16(14)8-15(22)18(23)20-7-6-11-10-21-13-5-3-2-4-12(11)13/h2-5,8-10,21H,6-7H2,1H3,(H,20,23). The van der Waals surface area contributed by atoms with E-state index < -0.39 is 0 Å². The Kier molecular flexibility index (Phi) is 3.69. The highest BCUT2D eigenvalue weighted by atomic mass is 79.9. The van der Waals surface area contributed by atoms with Gasteiger partial charge in [-0.2, -0.15) is 0 Å². The maximum absolute atomic E-state index is 12.4. The van der Waals surface area contributed by atoms with Gasteiger partial charge in [-0.1, -0.05) is 18.2 Å². The second-order valence-electron chi connectivity index (χ2n) is 5.75. The molecular weight excluding hydrogens is 370 g/mol. The van der Waals surface area contributed by atoms with E-state index in [-0.39, 0.29) is 5.91 Å². The largest absolute Gasteiger partial charge is 0.448 e. The number of fused-ring (bicyclic) bond motifs is 2. The zero-order valence-corrected chi connectivity index (χ0v) is 14.7. The van der Waals surface area contributed by atoms with Gasteiger partial charge in [0.05, 0.1) is 5.52 Å². The minimum Gasteiger partial charge on any atom is -0.448 e. The second kappa shape index (κ2) is 5.87. The summed E-state index contributed by atoms with van der Waals surface area (Å²) in [6, 6.07) is 11.8. The fourth-order valence-corrected chi connectivity index (χ4v) is 3.43. The molecule has 1 amide bonds. The molecule has 0 aliphatic carbocycles.